The molecule has 2 aromatic carbocycles. The number of carbonyl (C=O) groups excluding carboxylic acids is 4. The number of hydrogen-bond acceptors (Lipinski definition) is 5. The molecule has 0 radical (unpaired) electrons. The molecule has 2 aromatic rings. The molecule has 0 bridgehead atoms. The summed E-state index contributed by atoms with van der Waals surface area (Å²) in [6.07, 6.45) is -1.27. The molecule has 134 valence electrons. The maximum absolute atomic E-state index is 12.7. The summed E-state index contributed by atoms with van der Waals surface area (Å²) >= 11 is 5.81. The van der Waals surface area contributed by atoms with E-state index in [-0.39, 0.29) is 11.1 Å². The van der Waals surface area contributed by atoms with Crippen LogP contribution >= 0.6 is 11.6 Å². The van der Waals surface area contributed by atoms with Crippen LogP contribution in [0.25, 0.3) is 0 Å². The Hall–Kier alpha value is -3.19. The molecule has 3 N–H and O–H groups in total. The van der Waals surface area contributed by atoms with Gasteiger partial charge in [-0.05, 0) is 37.3 Å². The number of primary amides is 1. The summed E-state index contributed by atoms with van der Waals surface area (Å²) in [6, 6.07) is 11.2. The van der Waals surface area contributed by atoms with Gasteiger partial charge in [-0.15, -0.1) is 0 Å². The molecule has 0 aliphatic heterocycles. The van der Waals surface area contributed by atoms with Crippen LogP contribution in [0.5, 0.6) is 0 Å². The number of halogens is 1. The van der Waals surface area contributed by atoms with E-state index in [2.05, 4.69) is 0 Å². The zero-order valence-corrected chi connectivity index (χ0v) is 14.4. The number of hydrogen-bond donors (Lipinski definition) is 2. The predicted molar refractivity (Wildman–Crippen MR) is 93.9 cm³/mol. The van der Waals surface area contributed by atoms with Gasteiger partial charge in [0.15, 0.2) is 11.9 Å². The maximum Gasteiger partial charge on any atom is 0.339 e. The molecular weight excluding hydrogens is 360 g/mol. The van der Waals surface area contributed by atoms with E-state index in [1.165, 1.54) is 31.2 Å². The van der Waals surface area contributed by atoms with Crippen LogP contribution in [0.3, 0.4) is 0 Å². The van der Waals surface area contributed by atoms with Gasteiger partial charge in [-0.1, -0.05) is 29.8 Å². The minimum atomic E-state index is -1.27. The van der Waals surface area contributed by atoms with Crippen LogP contribution < -0.4 is 11.1 Å². The van der Waals surface area contributed by atoms with Crippen molar-refractivity contribution in [2.75, 3.05) is 0 Å². The first kappa shape index (κ1) is 19.1. The SMILES string of the molecule is C[C@@H](OC(=O)c1ccccc1C(=O)c1ccc(Cl)cc1)C(=O)NC(N)=O. The number of imide groups is 1. The van der Waals surface area contributed by atoms with Gasteiger partial charge in [0, 0.05) is 16.1 Å². The molecule has 0 aliphatic carbocycles. The molecule has 1 atom stereocenters. The Labute approximate surface area is 154 Å². The number of benzene rings is 2. The highest BCUT2D eigenvalue weighted by molar-refractivity contribution is 6.30. The van der Waals surface area contributed by atoms with Crippen LogP contribution in [0, 0.1) is 0 Å². The molecular formula is C18H15ClN2O5. The fourth-order valence-corrected chi connectivity index (χ4v) is 2.24. The molecule has 0 heterocycles. The third-order valence-electron chi connectivity index (χ3n) is 3.40. The quantitative estimate of drug-likeness (QED) is 0.615. The van der Waals surface area contributed by atoms with Crippen molar-refractivity contribution in [3.05, 3.63) is 70.2 Å². The largest absolute Gasteiger partial charge is 0.449 e. The first-order valence-corrected chi connectivity index (χ1v) is 7.88. The number of esters is 1. The van der Waals surface area contributed by atoms with Crippen LogP contribution in [-0.4, -0.2) is 29.8 Å². The van der Waals surface area contributed by atoms with Crippen molar-refractivity contribution in [3.8, 4) is 0 Å². The fourth-order valence-electron chi connectivity index (χ4n) is 2.12. The van der Waals surface area contributed by atoms with E-state index in [0.717, 1.165) is 0 Å². The van der Waals surface area contributed by atoms with Crippen LogP contribution in [-0.2, 0) is 9.53 Å². The first-order valence-electron chi connectivity index (χ1n) is 7.50. The third kappa shape index (κ3) is 4.67. The average Bonchev–Trinajstić information content (AvgIpc) is 2.61. The summed E-state index contributed by atoms with van der Waals surface area (Å²) in [5, 5.41) is 2.29. The second-order valence-electron chi connectivity index (χ2n) is 5.28. The van der Waals surface area contributed by atoms with Crippen molar-refractivity contribution in [3.63, 3.8) is 0 Å². The van der Waals surface area contributed by atoms with Crippen LogP contribution in [0.2, 0.25) is 5.02 Å². The molecule has 0 saturated heterocycles. The summed E-state index contributed by atoms with van der Waals surface area (Å²) < 4.78 is 5.01. The number of rotatable bonds is 5. The van der Waals surface area contributed by atoms with Crippen molar-refractivity contribution in [2.24, 2.45) is 5.73 Å². The molecule has 0 saturated carbocycles. The van der Waals surface area contributed by atoms with Gasteiger partial charge in [0.2, 0.25) is 0 Å². The Morgan fingerprint density at radius 3 is 2.15 bits per heavy atom. The third-order valence-corrected chi connectivity index (χ3v) is 3.65. The number of nitrogens with two attached hydrogens (primary N) is 1. The van der Waals surface area contributed by atoms with E-state index in [1.807, 2.05) is 5.32 Å². The lowest BCUT2D eigenvalue weighted by molar-refractivity contribution is -0.127. The number of urea groups is 1. The van der Waals surface area contributed by atoms with Crippen LogP contribution in [0.15, 0.2) is 48.5 Å². The normalized spacial score (nSPS) is 11.3. The highest BCUT2D eigenvalue weighted by Gasteiger charge is 2.24. The standard InChI is InChI=1S/C18H15ClN2O5/c1-10(16(23)21-18(20)25)26-17(24)14-5-3-2-4-13(14)15(22)11-6-8-12(19)9-7-11/h2-10H,1H3,(H3,20,21,23,25)/t10-/m1/s1. The van der Waals surface area contributed by atoms with Crippen LogP contribution in [0.4, 0.5) is 4.79 Å². The highest BCUT2D eigenvalue weighted by Crippen LogP contribution is 2.18. The highest BCUT2D eigenvalue weighted by atomic mass is 35.5. The zero-order chi connectivity index (χ0) is 19.3. The van der Waals surface area contributed by atoms with Gasteiger partial charge in [0.25, 0.3) is 5.91 Å². The van der Waals surface area contributed by atoms with E-state index in [1.54, 1.807) is 24.3 Å². The first-order chi connectivity index (χ1) is 12.3. The Morgan fingerprint density at radius 2 is 1.58 bits per heavy atom. The van der Waals surface area contributed by atoms with E-state index < -0.39 is 29.8 Å². The van der Waals surface area contributed by atoms with Crippen molar-refractivity contribution in [1.29, 1.82) is 0 Å². The molecule has 0 spiro atoms. The Morgan fingerprint density at radius 1 is 1.00 bits per heavy atom. The lowest BCUT2D eigenvalue weighted by Gasteiger charge is -2.13. The van der Waals surface area contributed by atoms with Crippen molar-refractivity contribution in [1.82, 2.24) is 5.32 Å². The van der Waals surface area contributed by atoms with Crippen molar-refractivity contribution in [2.45, 2.75) is 13.0 Å². The van der Waals surface area contributed by atoms with Crippen molar-refractivity contribution < 1.29 is 23.9 Å². The smallest absolute Gasteiger partial charge is 0.339 e. The van der Waals surface area contributed by atoms with Gasteiger partial charge in [0.1, 0.15) is 0 Å². The fraction of sp³-hybridized carbons (Fsp3) is 0.111. The van der Waals surface area contributed by atoms with Crippen molar-refractivity contribution >= 4 is 35.3 Å². The molecule has 2 rings (SSSR count). The Kier molecular flexibility index (Phi) is 6.08. The number of nitrogens with one attached hydrogen (secondary N) is 1. The van der Waals surface area contributed by atoms with Gasteiger partial charge in [-0.3, -0.25) is 14.9 Å². The number of ketones is 1. The molecule has 7 nitrogen and oxygen atoms in total. The van der Waals surface area contributed by atoms with Gasteiger partial charge >= 0.3 is 12.0 Å². The second-order valence-corrected chi connectivity index (χ2v) is 5.72. The summed E-state index contributed by atoms with van der Waals surface area (Å²) in [5.74, 6) is -2.15. The molecule has 3 amide bonds. The molecule has 0 aromatic heterocycles. The molecule has 26 heavy (non-hydrogen) atoms. The van der Waals surface area contributed by atoms with Gasteiger partial charge in [-0.25, -0.2) is 9.59 Å². The van der Waals surface area contributed by atoms with E-state index >= 15 is 0 Å². The average molecular weight is 375 g/mol. The number of ether oxygens (including phenoxy) is 1. The van der Waals surface area contributed by atoms with E-state index in [4.69, 9.17) is 22.1 Å². The second kappa shape index (κ2) is 8.26. The lowest BCUT2D eigenvalue weighted by Crippen LogP contribution is -2.42. The summed E-state index contributed by atoms with van der Waals surface area (Å²) in [6.45, 7) is 1.28. The minimum Gasteiger partial charge on any atom is -0.449 e. The molecule has 8 heteroatoms. The maximum atomic E-state index is 12.7. The zero-order valence-electron chi connectivity index (χ0n) is 13.7. The summed E-state index contributed by atoms with van der Waals surface area (Å²) in [4.78, 5) is 47.3. The minimum absolute atomic E-state index is 0.00817. The summed E-state index contributed by atoms with van der Waals surface area (Å²) in [7, 11) is 0. The molecule has 0 unspecified atom stereocenters. The molecule has 0 aliphatic rings. The van der Waals surface area contributed by atoms with Crippen LogP contribution in [0.1, 0.15) is 33.2 Å². The Bertz CT molecular complexity index is 864. The molecule has 0 fully saturated rings. The van der Waals surface area contributed by atoms with E-state index in [0.29, 0.717) is 10.6 Å². The Balaban J connectivity index is 2.24. The predicted octanol–water partition coefficient (Wildman–Crippen LogP) is 2.31. The lowest BCUT2D eigenvalue weighted by atomic mass is 9.98. The van der Waals surface area contributed by atoms with Gasteiger partial charge < -0.3 is 10.5 Å². The number of carbonyl (C=O) groups is 4. The van der Waals surface area contributed by atoms with E-state index in [9.17, 15) is 19.2 Å². The number of amides is 3. The van der Waals surface area contributed by atoms with Gasteiger partial charge in [-0.2, -0.15) is 0 Å². The van der Waals surface area contributed by atoms with Gasteiger partial charge in [0.05, 0.1) is 5.56 Å². The topological polar surface area (TPSA) is 116 Å². The summed E-state index contributed by atoms with van der Waals surface area (Å²) in [5.41, 5.74) is 5.29. The monoisotopic (exact) mass is 374 g/mol.